The van der Waals surface area contributed by atoms with Crippen molar-refractivity contribution in [3.8, 4) is 22.8 Å². The van der Waals surface area contributed by atoms with E-state index in [4.69, 9.17) is 19.2 Å². The highest BCUT2D eigenvalue weighted by Crippen LogP contribution is 2.33. The van der Waals surface area contributed by atoms with Gasteiger partial charge in [-0.15, -0.1) is 0 Å². The van der Waals surface area contributed by atoms with E-state index >= 15 is 0 Å². The summed E-state index contributed by atoms with van der Waals surface area (Å²) in [5.41, 5.74) is 3.82. The number of ether oxygens (including phenoxy) is 3. The Morgan fingerprint density at radius 2 is 1.80 bits per heavy atom. The van der Waals surface area contributed by atoms with Crippen LogP contribution >= 0.6 is 0 Å². The zero-order valence-electron chi connectivity index (χ0n) is 19.3. The Hall–Kier alpha value is -4.59. The topological polar surface area (TPSA) is 90.0 Å². The van der Waals surface area contributed by atoms with Crippen molar-refractivity contribution in [2.45, 2.75) is 0 Å². The van der Waals surface area contributed by atoms with E-state index in [1.54, 1.807) is 50.6 Å². The third-order valence-corrected chi connectivity index (χ3v) is 5.82. The van der Waals surface area contributed by atoms with Gasteiger partial charge in [0.05, 0.1) is 37.5 Å². The zero-order valence-corrected chi connectivity index (χ0v) is 19.3. The highest BCUT2D eigenvalue weighted by atomic mass is 16.6. The number of fused-ring (bicyclic) bond motifs is 1. The number of carbonyl (C=O) groups excluding carboxylic acids is 2. The molecule has 5 rings (SSSR count). The van der Waals surface area contributed by atoms with Crippen LogP contribution in [0.4, 0.5) is 16.2 Å². The molecule has 0 bridgehead atoms. The fourth-order valence-electron chi connectivity index (χ4n) is 4.08. The van der Waals surface area contributed by atoms with E-state index in [-0.39, 0.29) is 5.91 Å². The predicted molar refractivity (Wildman–Crippen MR) is 133 cm³/mol. The number of cyclic esters (lactones) is 1. The summed E-state index contributed by atoms with van der Waals surface area (Å²) in [6.45, 7) is 0.817. The van der Waals surface area contributed by atoms with Gasteiger partial charge in [0.2, 0.25) is 0 Å². The van der Waals surface area contributed by atoms with Crippen LogP contribution in [0.3, 0.4) is 0 Å². The van der Waals surface area contributed by atoms with Crippen LogP contribution in [0, 0.1) is 0 Å². The third kappa shape index (κ3) is 4.33. The van der Waals surface area contributed by atoms with E-state index in [9.17, 15) is 9.59 Å². The Bertz CT molecular complexity index is 1440. The maximum atomic E-state index is 13.4. The lowest BCUT2D eigenvalue weighted by atomic mass is 10.0. The highest BCUT2D eigenvalue weighted by Gasteiger charge is 2.24. The molecular weight excluding hydrogens is 446 g/mol. The number of nitrogens with one attached hydrogen (secondary N) is 1. The van der Waals surface area contributed by atoms with Crippen LogP contribution in [0.15, 0.2) is 72.8 Å². The number of para-hydroxylation sites is 1. The minimum Gasteiger partial charge on any atom is -0.493 e. The normalized spacial score (nSPS) is 13.0. The first-order valence-electron chi connectivity index (χ1n) is 11.1. The molecule has 0 aliphatic carbocycles. The second-order valence-electron chi connectivity index (χ2n) is 7.91. The van der Waals surface area contributed by atoms with Crippen LogP contribution in [0.1, 0.15) is 10.4 Å². The Balaban J connectivity index is 1.52. The molecule has 2 amide bonds. The average Bonchev–Trinajstić information content (AvgIpc) is 3.33. The first-order chi connectivity index (χ1) is 17.1. The summed E-state index contributed by atoms with van der Waals surface area (Å²) >= 11 is 0. The minimum absolute atomic E-state index is 0.286. The maximum absolute atomic E-state index is 13.4. The van der Waals surface area contributed by atoms with E-state index in [0.29, 0.717) is 52.8 Å². The molecule has 0 spiro atoms. The van der Waals surface area contributed by atoms with E-state index in [2.05, 4.69) is 5.32 Å². The number of hydrogen-bond donors (Lipinski definition) is 1. The monoisotopic (exact) mass is 469 g/mol. The van der Waals surface area contributed by atoms with E-state index in [1.807, 2.05) is 36.4 Å². The number of rotatable bonds is 6. The second kappa shape index (κ2) is 9.34. The number of aromatic nitrogens is 1. The van der Waals surface area contributed by atoms with E-state index in [1.165, 1.54) is 4.90 Å². The largest absolute Gasteiger partial charge is 0.493 e. The van der Waals surface area contributed by atoms with Crippen molar-refractivity contribution in [2.75, 3.05) is 37.6 Å². The summed E-state index contributed by atoms with van der Waals surface area (Å²) in [5.74, 6) is 0.895. The molecule has 1 aliphatic heterocycles. The summed E-state index contributed by atoms with van der Waals surface area (Å²) in [6, 6.07) is 21.9. The summed E-state index contributed by atoms with van der Waals surface area (Å²) in [6.07, 6.45) is -0.395. The molecule has 4 aromatic rings. The van der Waals surface area contributed by atoms with Gasteiger partial charge in [-0.25, -0.2) is 9.78 Å². The molecule has 0 atom stereocenters. The number of amides is 2. The molecule has 1 fully saturated rings. The van der Waals surface area contributed by atoms with Gasteiger partial charge in [-0.05, 0) is 48.5 Å². The van der Waals surface area contributed by atoms with Crippen molar-refractivity contribution in [1.29, 1.82) is 0 Å². The lowest BCUT2D eigenvalue weighted by Crippen LogP contribution is -2.23. The van der Waals surface area contributed by atoms with Gasteiger partial charge in [-0.2, -0.15) is 0 Å². The molecule has 0 unspecified atom stereocenters. The van der Waals surface area contributed by atoms with Crippen molar-refractivity contribution in [3.63, 3.8) is 0 Å². The molecule has 1 saturated heterocycles. The third-order valence-electron chi connectivity index (χ3n) is 5.82. The number of methoxy groups -OCH3 is 2. The number of hydrogen-bond acceptors (Lipinski definition) is 6. The molecule has 1 aromatic heterocycles. The van der Waals surface area contributed by atoms with Gasteiger partial charge in [0.1, 0.15) is 6.61 Å². The van der Waals surface area contributed by atoms with Gasteiger partial charge in [0.25, 0.3) is 5.91 Å². The Kier molecular flexibility index (Phi) is 5.93. The molecule has 8 nitrogen and oxygen atoms in total. The molecule has 0 radical (unpaired) electrons. The standard InChI is InChI=1S/C27H23N3O5/c1-33-24-11-10-17(14-25(24)34-2)23-16-21(20-8-3-4-9-22(20)29-23)26(31)28-18-6-5-7-19(15-18)30-12-13-35-27(30)32/h3-11,14-16H,12-13H2,1-2H3,(H,28,31). The zero-order chi connectivity index (χ0) is 24.4. The van der Waals surface area contributed by atoms with Crippen molar-refractivity contribution in [1.82, 2.24) is 4.98 Å². The molecule has 0 saturated carbocycles. The molecule has 2 heterocycles. The molecule has 1 aliphatic rings. The summed E-state index contributed by atoms with van der Waals surface area (Å²) < 4.78 is 15.8. The van der Waals surface area contributed by atoms with Crippen molar-refractivity contribution < 1.29 is 23.8 Å². The SMILES string of the molecule is COc1ccc(-c2cc(C(=O)Nc3cccc(N4CCOC4=O)c3)c3ccccc3n2)cc1OC. The maximum Gasteiger partial charge on any atom is 0.414 e. The summed E-state index contributed by atoms with van der Waals surface area (Å²) in [7, 11) is 3.15. The number of pyridine rings is 1. The van der Waals surface area contributed by atoms with Crippen molar-refractivity contribution >= 4 is 34.3 Å². The van der Waals surface area contributed by atoms with E-state index < -0.39 is 6.09 Å². The molecule has 1 N–H and O–H groups in total. The lowest BCUT2D eigenvalue weighted by Gasteiger charge is -2.15. The number of nitrogens with zero attached hydrogens (tertiary/aromatic N) is 2. The van der Waals surface area contributed by atoms with Gasteiger partial charge in [0.15, 0.2) is 11.5 Å². The average molecular weight is 469 g/mol. The van der Waals surface area contributed by atoms with Crippen molar-refractivity contribution in [2.24, 2.45) is 0 Å². The minimum atomic E-state index is -0.395. The van der Waals surface area contributed by atoms with Crippen LogP contribution in [-0.2, 0) is 4.74 Å². The van der Waals surface area contributed by atoms with Gasteiger partial charge >= 0.3 is 6.09 Å². The quantitative estimate of drug-likeness (QED) is 0.421. The summed E-state index contributed by atoms with van der Waals surface area (Å²) in [5, 5.41) is 3.69. The van der Waals surface area contributed by atoms with E-state index in [0.717, 1.165) is 10.9 Å². The fraction of sp³-hybridized carbons (Fsp3) is 0.148. The molecule has 35 heavy (non-hydrogen) atoms. The summed E-state index contributed by atoms with van der Waals surface area (Å²) in [4.78, 5) is 31.7. The first-order valence-corrected chi connectivity index (χ1v) is 11.1. The van der Waals surface area contributed by atoms with Crippen molar-refractivity contribution in [3.05, 3.63) is 78.4 Å². The Labute approximate surface area is 202 Å². The number of carbonyl (C=O) groups is 2. The highest BCUT2D eigenvalue weighted by molar-refractivity contribution is 6.13. The van der Waals surface area contributed by atoms with Crippen LogP contribution in [0.25, 0.3) is 22.2 Å². The predicted octanol–water partition coefficient (Wildman–Crippen LogP) is 5.13. The van der Waals surface area contributed by atoms with Crippen LogP contribution in [0.2, 0.25) is 0 Å². The fourth-order valence-corrected chi connectivity index (χ4v) is 4.08. The van der Waals surface area contributed by atoms with Crippen LogP contribution in [0.5, 0.6) is 11.5 Å². The smallest absolute Gasteiger partial charge is 0.414 e. The molecule has 176 valence electrons. The Morgan fingerprint density at radius 1 is 0.971 bits per heavy atom. The molecule has 8 heteroatoms. The number of anilines is 2. The Morgan fingerprint density at radius 3 is 2.57 bits per heavy atom. The lowest BCUT2D eigenvalue weighted by molar-refractivity contribution is 0.102. The van der Waals surface area contributed by atoms with Crippen LogP contribution < -0.4 is 19.7 Å². The van der Waals surface area contributed by atoms with Gasteiger partial charge < -0.3 is 19.5 Å². The first kappa shape index (κ1) is 22.2. The number of benzene rings is 3. The molecule has 3 aromatic carbocycles. The molecular formula is C27H23N3O5. The van der Waals surface area contributed by atoms with Gasteiger partial charge in [-0.1, -0.05) is 24.3 Å². The van der Waals surface area contributed by atoms with Crippen LogP contribution in [-0.4, -0.2) is 44.4 Å². The van der Waals surface area contributed by atoms with Gasteiger partial charge in [-0.3, -0.25) is 9.69 Å². The second-order valence-corrected chi connectivity index (χ2v) is 7.91. The van der Waals surface area contributed by atoms with Gasteiger partial charge in [0, 0.05) is 22.3 Å².